The van der Waals surface area contributed by atoms with Gasteiger partial charge in [0, 0.05) is 42.4 Å². The molecule has 2 aromatic heterocycles. The van der Waals surface area contributed by atoms with E-state index in [9.17, 15) is 0 Å². The Bertz CT molecular complexity index is 1070. The van der Waals surface area contributed by atoms with Gasteiger partial charge in [-0.3, -0.25) is 15.1 Å². The van der Waals surface area contributed by atoms with Crippen molar-refractivity contribution in [2.75, 3.05) is 13.6 Å². The summed E-state index contributed by atoms with van der Waals surface area (Å²) >= 11 is 0. The van der Waals surface area contributed by atoms with E-state index in [1.807, 2.05) is 12.4 Å². The lowest BCUT2D eigenvalue weighted by Crippen LogP contribution is -2.31. The van der Waals surface area contributed by atoms with E-state index < -0.39 is 0 Å². The van der Waals surface area contributed by atoms with E-state index in [1.54, 1.807) is 12.4 Å². The van der Waals surface area contributed by atoms with Gasteiger partial charge in [-0.15, -0.1) is 0 Å². The Labute approximate surface area is 151 Å². The summed E-state index contributed by atoms with van der Waals surface area (Å²) in [6.45, 7) is 1.97. The maximum atomic E-state index is 4.44. The van der Waals surface area contributed by atoms with Crippen molar-refractivity contribution >= 4 is 10.9 Å². The molecule has 5 heteroatoms. The van der Waals surface area contributed by atoms with E-state index in [0.717, 1.165) is 35.2 Å². The number of benzene rings is 2. The quantitative estimate of drug-likeness (QED) is 0.605. The van der Waals surface area contributed by atoms with Crippen LogP contribution in [0.3, 0.4) is 0 Å². The van der Waals surface area contributed by atoms with Gasteiger partial charge < -0.3 is 4.90 Å². The number of hydrogen-bond acceptors (Lipinski definition) is 4. The van der Waals surface area contributed by atoms with Crippen molar-refractivity contribution in [1.29, 1.82) is 0 Å². The fraction of sp³-hybridized carbons (Fsp3) is 0.190. The van der Waals surface area contributed by atoms with Gasteiger partial charge in [0.2, 0.25) is 0 Å². The van der Waals surface area contributed by atoms with Crippen LogP contribution in [-0.4, -0.2) is 38.7 Å². The maximum absolute atomic E-state index is 4.44. The summed E-state index contributed by atoms with van der Waals surface area (Å²) in [5.41, 5.74) is 7.21. The molecule has 2 aromatic carbocycles. The molecule has 0 saturated carbocycles. The summed E-state index contributed by atoms with van der Waals surface area (Å²) in [4.78, 5) is 11.0. The van der Waals surface area contributed by atoms with Gasteiger partial charge in [0.25, 0.3) is 0 Å². The first kappa shape index (κ1) is 15.2. The summed E-state index contributed by atoms with van der Waals surface area (Å²) < 4.78 is 0. The van der Waals surface area contributed by atoms with Crippen molar-refractivity contribution in [3.05, 3.63) is 77.9 Å². The second kappa shape index (κ2) is 6.04. The van der Waals surface area contributed by atoms with Crippen molar-refractivity contribution < 1.29 is 0 Å². The minimum absolute atomic E-state index is 0.360. The van der Waals surface area contributed by atoms with Gasteiger partial charge >= 0.3 is 0 Å². The van der Waals surface area contributed by atoms with Crippen molar-refractivity contribution in [3.8, 4) is 11.3 Å². The predicted molar refractivity (Wildman–Crippen MR) is 102 cm³/mol. The van der Waals surface area contributed by atoms with Crippen molar-refractivity contribution in [2.45, 2.75) is 12.5 Å². The lowest BCUT2D eigenvalue weighted by molar-refractivity contribution is 0.295. The molecule has 0 bridgehead atoms. The average Bonchev–Trinajstić information content (AvgIpc) is 3.15. The summed E-state index contributed by atoms with van der Waals surface area (Å²) in [7, 11) is 2.18. The fourth-order valence-corrected chi connectivity index (χ4v) is 3.92. The van der Waals surface area contributed by atoms with Crippen LogP contribution in [0.2, 0.25) is 0 Å². The largest absolute Gasteiger partial charge is 0.301 e. The smallest absolute Gasteiger partial charge is 0.0885 e. The number of aromatic nitrogens is 4. The first-order chi connectivity index (χ1) is 12.8. The summed E-state index contributed by atoms with van der Waals surface area (Å²) in [5.74, 6) is 0.360. The lowest BCUT2D eigenvalue weighted by Gasteiger charge is -2.33. The summed E-state index contributed by atoms with van der Waals surface area (Å²) in [6.07, 6.45) is 7.16. The Morgan fingerprint density at radius 2 is 2.04 bits per heavy atom. The minimum atomic E-state index is 0.360. The third-order valence-corrected chi connectivity index (χ3v) is 5.18. The first-order valence-electron chi connectivity index (χ1n) is 8.79. The van der Waals surface area contributed by atoms with Crippen LogP contribution in [-0.2, 0) is 6.54 Å². The number of fused-ring (bicyclic) bond motifs is 2. The molecule has 3 heterocycles. The topological polar surface area (TPSA) is 57.7 Å². The van der Waals surface area contributed by atoms with Gasteiger partial charge in [-0.2, -0.15) is 5.10 Å². The SMILES string of the molecule is CN1Cc2cc(-c3cnccn3)ccc2C(c2ccc3[nH]ncc3c2)C1. The Balaban J connectivity index is 1.59. The second-order valence-corrected chi connectivity index (χ2v) is 6.97. The number of hydrogen-bond donors (Lipinski definition) is 1. The monoisotopic (exact) mass is 341 g/mol. The molecule has 5 rings (SSSR count). The molecule has 1 aliphatic heterocycles. The molecule has 26 heavy (non-hydrogen) atoms. The number of rotatable bonds is 2. The van der Waals surface area contributed by atoms with Gasteiger partial charge in [0.15, 0.2) is 0 Å². The van der Waals surface area contributed by atoms with E-state index in [0.29, 0.717) is 5.92 Å². The summed E-state index contributed by atoms with van der Waals surface area (Å²) in [5, 5.41) is 8.33. The minimum Gasteiger partial charge on any atom is -0.301 e. The highest BCUT2D eigenvalue weighted by Crippen LogP contribution is 2.35. The molecule has 0 spiro atoms. The summed E-state index contributed by atoms with van der Waals surface area (Å²) in [6, 6.07) is 13.3. The molecule has 1 unspecified atom stereocenters. The number of nitrogens with one attached hydrogen (secondary N) is 1. The van der Waals surface area contributed by atoms with E-state index in [4.69, 9.17) is 0 Å². The highest BCUT2D eigenvalue weighted by atomic mass is 15.1. The third kappa shape index (κ3) is 2.57. The van der Waals surface area contributed by atoms with E-state index in [1.165, 1.54) is 16.7 Å². The molecular weight excluding hydrogens is 322 g/mol. The van der Waals surface area contributed by atoms with Gasteiger partial charge in [-0.25, -0.2) is 0 Å². The van der Waals surface area contributed by atoms with Crippen LogP contribution in [0, 0.1) is 0 Å². The van der Waals surface area contributed by atoms with Crippen LogP contribution in [0.5, 0.6) is 0 Å². The molecule has 128 valence electrons. The van der Waals surface area contributed by atoms with Crippen LogP contribution in [0.1, 0.15) is 22.6 Å². The molecule has 0 radical (unpaired) electrons. The fourth-order valence-electron chi connectivity index (χ4n) is 3.92. The molecular formula is C21H19N5. The maximum Gasteiger partial charge on any atom is 0.0885 e. The number of likely N-dealkylation sites (N-methyl/N-ethyl adjacent to an activating group) is 1. The highest BCUT2D eigenvalue weighted by molar-refractivity contribution is 5.79. The Hall–Kier alpha value is -3.05. The molecule has 1 atom stereocenters. The zero-order valence-corrected chi connectivity index (χ0v) is 14.6. The molecule has 5 nitrogen and oxygen atoms in total. The van der Waals surface area contributed by atoms with Gasteiger partial charge in [-0.05, 0) is 41.9 Å². The third-order valence-electron chi connectivity index (χ3n) is 5.18. The Morgan fingerprint density at radius 1 is 1.08 bits per heavy atom. The number of H-pyrrole nitrogens is 1. The normalized spacial score (nSPS) is 17.3. The molecule has 1 aliphatic rings. The predicted octanol–water partition coefficient (Wildman–Crippen LogP) is 3.60. The van der Waals surface area contributed by atoms with Crippen molar-refractivity contribution in [3.63, 3.8) is 0 Å². The standard InChI is InChI=1S/C21H19N5/c1-26-12-17-9-15(21-11-22-6-7-23-21)2-4-18(17)19(13-26)14-3-5-20-16(8-14)10-24-25-20/h2-11,19H,12-13H2,1H3,(H,24,25). The van der Waals surface area contributed by atoms with Gasteiger partial charge in [-0.1, -0.05) is 18.2 Å². The van der Waals surface area contributed by atoms with E-state index in [-0.39, 0.29) is 0 Å². The second-order valence-electron chi connectivity index (χ2n) is 6.97. The van der Waals surface area contributed by atoms with Gasteiger partial charge in [0.1, 0.15) is 0 Å². The van der Waals surface area contributed by atoms with Crippen LogP contribution < -0.4 is 0 Å². The highest BCUT2D eigenvalue weighted by Gasteiger charge is 2.25. The molecule has 0 saturated heterocycles. The molecule has 0 amide bonds. The molecule has 4 aromatic rings. The molecule has 1 N–H and O–H groups in total. The Morgan fingerprint density at radius 3 is 2.92 bits per heavy atom. The molecule has 0 aliphatic carbocycles. The van der Waals surface area contributed by atoms with Crippen LogP contribution >= 0.6 is 0 Å². The zero-order valence-electron chi connectivity index (χ0n) is 14.6. The average molecular weight is 341 g/mol. The van der Waals surface area contributed by atoms with Crippen LogP contribution in [0.4, 0.5) is 0 Å². The van der Waals surface area contributed by atoms with E-state index >= 15 is 0 Å². The molecule has 0 fully saturated rings. The van der Waals surface area contributed by atoms with Crippen LogP contribution in [0.15, 0.2) is 61.2 Å². The van der Waals surface area contributed by atoms with Crippen LogP contribution in [0.25, 0.3) is 22.2 Å². The Kier molecular flexibility index (Phi) is 3.53. The number of nitrogens with zero attached hydrogens (tertiary/aromatic N) is 4. The number of aromatic amines is 1. The van der Waals surface area contributed by atoms with Crippen molar-refractivity contribution in [1.82, 2.24) is 25.1 Å². The van der Waals surface area contributed by atoms with Crippen molar-refractivity contribution in [2.24, 2.45) is 0 Å². The lowest BCUT2D eigenvalue weighted by atomic mass is 9.83. The van der Waals surface area contributed by atoms with Gasteiger partial charge in [0.05, 0.1) is 23.6 Å². The zero-order chi connectivity index (χ0) is 17.5. The van der Waals surface area contributed by atoms with E-state index in [2.05, 4.69) is 68.5 Å². The first-order valence-corrected chi connectivity index (χ1v) is 8.79.